The van der Waals surface area contributed by atoms with E-state index in [9.17, 15) is 0 Å². The lowest BCUT2D eigenvalue weighted by molar-refractivity contribution is 0.180. The van der Waals surface area contributed by atoms with Gasteiger partial charge in [-0.25, -0.2) is 4.99 Å². The van der Waals surface area contributed by atoms with Crippen LogP contribution in [0.1, 0.15) is 57.4 Å². The molecule has 0 aromatic carbocycles. The van der Waals surface area contributed by atoms with Crippen LogP contribution in [0.4, 0.5) is 0 Å². The number of guanidine groups is 1. The third kappa shape index (κ3) is 10.9. The van der Waals surface area contributed by atoms with E-state index in [0.29, 0.717) is 12.5 Å². The van der Waals surface area contributed by atoms with Gasteiger partial charge in [-0.2, -0.15) is 0 Å². The van der Waals surface area contributed by atoms with E-state index in [2.05, 4.69) is 53.5 Å². The van der Waals surface area contributed by atoms with Crippen molar-refractivity contribution in [2.24, 2.45) is 4.99 Å². The molecule has 2 N–H and O–H groups in total. The molecule has 7 nitrogen and oxygen atoms in total. The summed E-state index contributed by atoms with van der Waals surface area (Å²) in [7, 11) is 3.86. The zero-order chi connectivity index (χ0) is 19.2. The molecule has 0 atom stereocenters. The van der Waals surface area contributed by atoms with Crippen LogP contribution in [0.2, 0.25) is 0 Å². The zero-order valence-electron chi connectivity index (χ0n) is 17.6. The number of rotatable bonds is 13. The van der Waals surface area contributed by atoms with Gasteiger partial charge in [-0.3, -0.25) is 0 Å². The van der Waals surface area contributed by atoms with Crippen molar-refractivity contribution in [2.45, 2.75) is 52.5 Å². The second kappa shape index (κ2) is 16.1. The standard InChI is InChI=1S/C19H37N5O2.HI/c1-6-16(7-2)18-14-17(26-23-18)15-22-19(20-8-3)21-10-12-24(4)11-9-13-25-5;/h14,16H,6-13,15H2,1-5H3,(H2,20,21,22);1H. The predicted octanol–water partition coefficient (Wildman–Crippen LogP) is 3.22. The first-order valence-electron chi connectivity index (χ1n) is 9.79. The lowest BCUT2D eigenvalue weighted by atomic mass is 9.99. The number of nitrogens with zero attached hydrogens (tertiary/aromatic N) is 3. The Balaban J connectivity index is 0.00000676. The molecule has 158 valence electrons. The average molecular weight is 495 g/mol. The second-order valence-corrected chi connectivity index (χ2v) is 6.50. The van der Waals surface area contributed by atoms with Gasteiger partial charge in [-0.05, 0) is 33.2 Å². The van der Waals surface area contributed by atoms with Crippen LogP contribution < -0.4 is 10.6 Å². The highest BCUT2D eigenvalue weighted by Gasteiger charge is 2.12. The Labute approximate surface area is 181 Å². The third-order valence-corrected chi connectivity index (χ3v) is 4.39. The minimum absolute atomic E-state index is 0. The largest absolute Gasteiger partial charge is 0.385 e. The van der Waals surface area contributed by atoms with Gasteiger partial charge in [-0.1, -0.05) is 19.0 Å². The van der Waals surface area contributed by atoms with Crippen LogP contribution in [-0.4, -0.2) is 63.0 Å². The molecule has 0 aliphatic heterocycles. The highest BCUT2D eigenvalue weighted by molar-refractivity contribution is 14.0. The molecule has 8 heteroatoms. The van der Waals surface area contributed by atoms with Gasteiger partial charge in [0.05, 0.1) is 5.69 Å². The van der Waals surface area contributed by atoms with Gasteiger partial charge in [0.1, 0.15) is 6.54 Å². The number of hydrogen-bond acceptors (Lipinski definition) is 5. The molecule has 1 rings (SSSR count). The van der Waals surface area contributed by atoms with Crippen LogP contribution in [0.25, 0.3) is 0 Å². The van der Waals surface area contributed by atoms with E-state index in [1.807, 2.05) is 6.07 Å². The normalized spacial score (nSPS) is 11.7. The predicted molar refractivity (Wildman–Crippen MR) is 122 cm³/mol. The monoisotopic (exact) mass is 495 g/mol. The summed E-state index contributed by atoms with van der Waals surface area (Å²) in [6, 6.07) is 2.04. The van der Waals surface area contributed by atoms with Gasteiger partial charge in [0, 0.05) is 51.9 Å². The van der Waals surface area contributed by atoms with E-state index in [1.165, 1.54) is 0 Å². The van der Waals surface area contributed by atoms with E-state index in [0.717, 1.165) is 69.5 Å². The van der Waals surface area contributed by atoms with Gasteiger partial charge in [0.15, 0.2) is 11.7 Å². The molecule has 0 spiro atoms. The van der Waals surface area contributed by atoms with E-state index < -0.39 is 0 Å². The quantitative estimate of drug-likeness (QED) is 0.190. The fourth-order valence-corrected chi connectivity index (χ4v) is 2.76. The number of likely N-dealkylation sites (N-methyl/N-ethyl adjacent to an activating group) is 1. The maximum Gasteiger partial charge on any atom is 0.191 e. The Morgan fingerprint density at radius 1 is 1.26 bits per heavy atom. The van der Waals surface area contributed by atoms with Crippen LogP contribution in [0.15, 0.2) is 15.6 Å². The number of aliphatic imine (C=N–C) groups is 1. The molecule has 1 heterocycles. The molecular formula is C19H38IN5O2. The highest BCUT2D eigenvalue weighted by Crippen LogP contribution is 2.22. The van der Waals surface area contributed by atoms with Gasteiger partial charge in [0.2, 0.25) is 0 Å². The maximum atomic E-state index is 5.44. The Hall–Kier alpha value is -0.870. The highest BCUT2D eigenvalue weighted by atomic mass is 127. The molecule has 0 saturated heterocycles. The van der Waals surface area contributed by atoms with E-state index in [-0.39, 0.29) is 24.0 Å². The first-order valence-corrected chi connectivity index (χ1v) is 9.79. The van der Waals surface area contributed by atoms with Crippen LogP contribution in [-0.2, 0) is 11.3 Å². The van der Waals surface area contributed by atoms with E-state index in [1.54, 1.807) is 7.11 Å². The Kier molecular flexibility index (Phi) is 15.6. The minimum atomic E-state index is 0. The molecule has 0 saturated carbocycles. The summed E-state index contributed by atoms with van der Waals surface area (Å²) < 4.78 is 10.5. The molecule has 1 aromatic rings. The summed E-state index contributed by atoms with van der Waals surface area (Å²) in [4.78, 5) is 6.89. The molecule has 0 radical (unpaired) electrons. The number of halogens is 1. The Morgan fingerprint density at radius 3 is 2.63 bits per heavy atom. The van der Waals surface area contributed by atoms with Gasteiger partial charge >= 0.3 is 0 Å². The molecule has 0 amide bonds. The average Bonchev–Trinajstić information content (AvgIpc) is 3.10. The minimum Gasteiger partial charge on any atom is -0.385 e. The number of methoxy groups -OCH3 is 1. The first kappa shape index (κ1) is 26.1. The molecule has 0 aliphatic rings. The summed E-state index contributed by atoms with van der Waals surface area (Å²) in [5.41, 5.74) is 1.04. The molecule has 0 bridgehead atoms. The number of nitrogens with one attached hydrogen (secondary N) is 2. The van der Waals surface area contributed by atoms with Crippen molar-refractivity contribution < 1.29 is 9.26 Å². The molecular weight excluding hydrogens is 457 g/mol. The van der Waals surface area contributed by atoms with Crippen molar-refractivity contribution in [3.8, 4) is 0 Å². The number of aromatic nitrogens is 1. The summed E-state index contributed by atoms with van der Waals surface area (Å²) in [6.45, 7) is 11.4. The molecule has 0 unspecified atom stereocenters. The van der Waals surface area contributed by atoms with Crippen molar-refractivity contribution in [3.05, 3.63) is 17.5 Å². The van der Waals surface area contributed by atoms with Crippen molar-refractivity contribution in [3.63, 3.8) is 0 Å². The molecule has 0 aliphatic carbocycles. The number of ether oxygens (including phenoxy) is 1. The SMILES string of the molecule is CCNC(=NCc1cc(C(CC)CC)no1)NCCN(C)CCCOC.I. The third-order valence-electron chi connectivity index (χ3n) is 4.39. The lowest BCUT2D eigenvalue weighted by Gasteiger charge is -2.18. The van der Waals surface area contributed by atoms with Gasteiger partial charge in [0.25, 0.3) is 0 Å². The Bertz CT molecular complexity index is 506. The van der Waals surface area contributed by atoms with Crippen molar-refractivity contribution in [2.75, 3.05) is 46.9 Å². The summed E-state index contributed by atoms with van der Waals surface area (Å²) in [5, 5.41) is 10.8. The maximum absolute atomic E-state index is 5.44. The van der Waals surface area contributed by atoms with E-state index >= 15 is 0 Å². The molecule has 1 aromatic heterocycles. The smallest absolute Gasteiger partial charge is 0.191 e. The topological polar surface area (TPSA) is 74.9 Å². The summed E-state index contributed by atoms with van der Waals surface area (Å²) in [6.07, 6.45) is 3.20. The molecule has 0 fully saturated rings. The Morgan fingerprint density at radius 2 is 2.00 bits per heavy atom. The van der Waals surface area contributed by atoms with Crippen molar-refractivity contribution in [1.82, 2.24) is 20.7 Å². The van der Waals surface area contributed by atoms with Crippen molar-refractivity contribution >= 4 is 29.9 Å². The van der Waals surface area contributed by atoms with Crippen LogP contribution in [0.5, 0.6) is 0 Å². The molecule has 27 heavy (non-hydrogen) atoms. The van der Waals surface area contributed by atoms with Crippen LogP contribution in [0.3, 0.4) is 0 Å². The van der Waals surface area contributed by atoms with Gasteiger partial charge in [-0.15, -0.1) is 24.0 Å². The second-order valence-electron chi connectivity index (χ2n) is 6.50. The summed E-state index contributed by atoms with van der Waals surface area (Å²) in [5.74, 6) is 2.08. The fraction of sp³-hybridized carbons (Fsp3) is 0.789. The lowest BCUT2D eigenvalue weighted by Crippen LogP contribution is -2.41. The van der Waals surface area contributed by atoms with E-state index in [4.69, 9.17) is 9.26 Å². The summed E-state index contributed by atoms with van der Waals surface area (Å²) >= 11 is 0. The first-order chi connectivity index (χ1) is 12.6. The van der Waals surface area contributed by atoms with Crippen LogP contribution >= 0.6 is 24.0 Å². The van der Waals surface area contributed by atoms with Gasteiger partial charge < -0.3 is 24.8 Å². The fourth-order valence-electron chi connectivity index (χ4n) is 2.76. The van der Waals surface area contributed by atoms with Crippen LogP contribution in [0, 0.1) is 0 Å². The number of hydrogen-bond donors (Lipinski definition) is 2. The zero-order valence-corrected chi connectivity index (χ0v) is 19.9. The van der Waals surface area contributed by atoms with Crippen molar-refractivity contribution in [1.29, 1.82) is 0 Å².